The van der Waals surface area contributed by atoms with Gasteiger partial charge in [-0.3, -0.25) is 0 Å². The minimum atomic E-state index is 0.301. The molecule has 2 N–H and O–H groups in total. The van der Waals surface area contributed by atoms with Crippen LogP contribution in [0.15, 0.2) is 30.3 Å². The van der Waals surface area contributed by atoms with E-state index in [9.17, 15) is 0 Å². The van der Waals surface area contributed by atoms with Gasteiger partial charge in [-0.05, 0) is 24.8 Å². The Kier molecular flexibility index (Phi) is 2.13. The maximum Gasteiger partial charge on any atom is 0.169 e. The molecule has 1 aromatic heterocycles. The third-order valence-electron chi connectivity index (χ3n) is 3.19. The standard InChI is InChI=1S/C12H14N4/c13-12-11-8-4-7-10(16(11)15-14-12)9-5-2-1-3-6-9/h1-3,5-6,10H,4,7-8,13H2. The van der Waals surface area contributed by atoms with Gasteiger partial charge in [-0.25, -0.2) is 4.68 Å². The summed E-state index contributed by atoms with van der Waals surface area (Å²) < 4.78 is 1.98. The van der Waals surface area contributed by atoms with Crippen molar-refractivity contribution in [2.75, 3.05) is 5.73 Å². The van der Waals surface area contributed by atoms with Gasteiger partial charge in [-0.2, -0.15) is 0 Å². The largest absolute Gasteiger partial charge is 0.381 e. The highest BCUT2D eigenvalue weighted by molar-refractivity contribution is 5.35. The smallest absolute Gasteiger partial charge is 0.169 e. The minimum Gasteiger partial charge on any atom is -0.381 e. The molecule has 0 bridgehead atoms. The van der Waals surface area contributed by atoms with Crippen LogP contribution < -0.4 is 5.73 Å². The monoisotopic (exact) mass is 214 g/mol. The molecule has 1 aliphatic rings. The summed E-state index contributed by atoms with van der Waals surface area (Å²) in [6.07, 6.45) is 3.25. The third-order valence-corrected chi connectivity index (χ3v) is 3.19. The number of aromatic nitrogens is 3. The summed E-state index contributed by atoms with van der Waals surface area (Å²) in [5.41, 5.74) is 8.18. The predicted molar refractivity (Wildman–Crippen MR) is 62.0 cm³/mol. The van der Waals surface area contributed by atoms with Crippen LogP contribution in [0.2, 0.25) is 0 Å². The van der Waals surface area contributed by atoms with Crippen LogP contribution >= 0.6 is 0 Å². The Morgan fingerprint density at radius 3 is 2.88 bits per heavy atom. The first-order valence-electron chi connectivity index (χ1n) is 5.61. The zero-order valence-corrected chi connectivity index (χ0v) is 9.00. The van der Waals surface area contributed by atoms with Gasteiger partial charge in [0.2, 0.25) is 0 Å². The van der Waals surface area contributed by atoms with E-state index in [1.54, 1.807) is 0 Å². The molecule has 16 heavy (non-hydrogen) atoms. The number of rotatable bonds is 1. The second-order valence-electron chi connectivity index (χ2n) is 4.18. The van der Waals surface area contributed by atoms with Crippen LogP contribution in [0.5, 0.6) is 0 Å². The fourth-order valence-corrected chi connectivity index (χ4v) is 2.39. The zero-order chi connectivity index (χ0) is 11.0. The summed E-state index contributed by atoms with van der Waals surface area (Å²) in [6, 6.07) is 10.7. The van der Waals surface area contributed by atoms with Crippen LogP contribution in [-0.2, 0) is 6.42 Å². The molecular weight excluding hydrogens is 200 g/mol. The second kappa shape index (κ2) is 3.63. The summed E-state index contributed by atoms with van der Waals surface area (Å²) in [4.78, 5) is 0. The van der Waals surface area contributed by atoms with E-state index in [4.69, 9.17) is 5.73 Å². The van der Waals surface area contributed by atoms with Crippen LogP contribution in [-0.4, -0.2) is 15.0 Å². The lowest BCUT2D eigenvalue weighted by Crippen LogP contribution is -2.20. The first kappa shape index (κ1) is 9.39. The highest BCUT2D eigenvalue weighted by Gasteiger charge is 2.24. The molecule has 0 radical (unpaired) electrons. The topological polar surface area (TPSA) is 56.7 Å². The Morgan fingerprint density at radius 2 is 2.06 bits per heavy atom. The van der Waals surface area contributed by atoms with Crippen molar-refractivity contribution >= 4 is 5.82 Å². The molecule has 0 fully saturated rings. The quantitative estimate of drug-likeness (QED) is 0.787. The second-order valence-corrected chi connectivity index (χ2v) is 4.18. The SMILES string of the molecule is Nc1nnn2c1CCCC2c1ccccc1. The van der Waals surface area contributed by atoms with Crippen molar-refractivity contribution < 1.29 is 0 Å². The number of hydrogen-bond acceptors (Lipinski definition) is 3. The molecule has 1 aromatic carbocycles. The lowest BCUT2D eigenvalue weighted by atomic mass is 9.97. The van der Waals surface area contributed by atoms with Gasteiger partial charge in [0, 0.05) is 0 Å². The Morgan fingerprint density at radius 1 is 1.25 bits per heavy atom. The lowest BCUT2D eigenvalue weighted by molar-refractivity contribution is 0.409. The summed E-state index contributed by atoms with van der Waals surface area (Å²) in [5.74, 6) is 0.584. The minimum absolute atomic E-state index is 0.301. The van der Waals surface area contributed by atoms with Gasteiger partial charge in [0.05, 0.1) is 11.7 Å². The highest BCUT2D eigenvalue weighted by atomic mass is 15.5. The van der Waals surface area contributed by atoms with Crippen LogP contribution in [0.3, 0.4) is 0 Å². The molecule has 82 valence electrons. The molecule has 0 aliphatic carbocycles. The fraction of sp³-hybridized carbons (Fsp3) is 0.333. The average molecular weight is 214 g/mol. The van der Waals surface area contributed by atoms with E-state index < -0.39 is 0 Å². The van der Waals surface area contributed by atoms with Crippen LogP contribution in [0.25, 0.3) is 0 Å². The fourth-order valence-electron chi connectivity index (χ4n) is 2.39. The first-order valence-corrected chi connectivity index (χ1v) is 5.61. The van der Waals surface area contributed by atoms with E-state index in [0.717, 1.165) is 25.0 Å². The average Bonchev–Trinajstić information content (AvgIpc) is 2.73. The molecule has 3 rings (SSSR count). The van der Waals surface area contributed by atoms with Crippen molar-refractivity contribution in [2.24, 2.45) is 0 Å². The Balaban J connectivity index is 2.05. The molecule has 1 atom stereocenters. The van der Waals surface area contributed by atoms with E-state index in [0.29, 0.717) is 11.9 Å². The maximum atomic E-state index is 5.81. The maximum absolute atomic E-state index is 5.81. The molecule has 4 heteroatoms. The molecule has 2 heterocycles. The molecule has 0 saturated carbocycles. The molecule has 0 spiro atoms. The lowest BCUT2D eigenvalue weighted by Gasteiger charge is -2.24. The van der Waals surface area contributed by atoms with Crippen molar-refractivity contribution in [3.63, 3.8) is 0 Å². The number of anilines is 1. The molecule has 0 amide bonds. The molecular formula is C12H14N4. The number of benzene rings is 1. The third kappa shape index (κ3) is 1.38. The van der Waals surface area contributed by atoms with Crippen molar-refractivity contribution in [3.05, 3.63) is 41.6 Å². The number of nitrogens with zero attached hydrogens (tertiary/aromatic N) is 3. The number of fused-ring (bicyclic) bond motifs is 1. The van der Waals surface area contributed by atoms with Gasteiger partial charge in [-0.15, -0.1) is 5.10 Å². The zero-order valence-electron chi connectivity index (χ0n) is 9.00. The van der Waals surface area contributed by atoms with Crippen LogP contribution in [0.4, 0.5) is 5.82 Å². The summed E-state index contributed by atoms with van der Waals surface area (Å²) in [7, 11) is 0. The molecule has 1 unspecified atom stereocenters. The van der Waals surface area contributed by atoms with Gasteiger partial charge >= 0.3 is 0 Å². The Bertz CT molecular complexity index is 489. The van der Waals surface area contributed by atoms with Gasteiger partial charge in [0.1, 0.15) is 0 Å². The van der Waals surface area contributed by atoms with E-state index in [2.05, 4.69) is 34.6 Å². The van der Waals surface area contributed by atoms with Crippen LogP contribution in [0, 0.1) is 0 Å². The summed E-state index contributed by atoms with van der Waals surface area (Å²) >= 11 is 0. The van der Waals surface area contributed by atoms with Gasteiger partial charge in [0.15, 0.2) is 5.82 Å². The van der Waals surface area contributed by atoms with Crippen molar-refractivity contribution in [1.82, 2.24) is 15.0 Å². The number of nitrogen functional groups attached to an aromatic ring is 1. The van der Waals surface area contributed by atoms with E-state index in [1.165, 1.54) is 5.56 Å². The van der Waals surface area contributed by atoms with Crippen LogP contribution in [0.1, 0.15) is 30.1 Å². The molecule has 1 aliphatic heterocycles. The van der Waals surface area contributed by atoms with E-state index >= 15 is 0 Å². The van der Waals surface area contributed by atoms with Gasteiger partial charge in [-0.1, -0.05) is 35.5 Å². The van der Waals surface area contributed by atoms with Crippen molar-refractivity contribution in [1.29, 1.82) is 0 Å². The van der Waals surface area contributed by atoms with Crippen molar-refractivity contribution in [3.8, 4) is 0 Å². The van der Waals surface area contributed by atoms with E-state index in [-0.39, 0.29) is 0 Å². The number of nitrogens with two attached hydrogens (primary N) is 1. The molecule has 4 nitrogen and oxygen atoms in total. The van der Waals surface area contributed by atoms with Gasteiger partial charge in [0.25, 0.3) is 0 Å². The summed E-state index contributed by atoms with van der Waals surface area (Å²) in [6.45, 7) is 0. The normalized spacial score (nSPS) is 19.4. The van der Waals surface area contributed by atoms with Crippen molar-refractivity contribution in [2.45, 2.75) is 25.3 Å². The summed E-state index contributed by atoms with van der Waals surface area (Å²) in [5, 5.41) is 8.12. The molecule has 2 aromatic rings. The Hall–Kier alpha value is -1.84. The first-order chi connectivity index (χ1) is 7.86. The highest BCUT2D eigenvalue weighted by Crippen LogP contribution is 2.31. The Labute approximate surface area is 94.1 Å². The molecule has 0 saturated heterocycles. The van der Waals surface area contributed by atoms with Gasteiger partial charge < -0.3 is 5.73 Å². The van der Waals surface area contributed by atoms with E-state index in [1.807, 2.05) is 10.7 Å². The number of hydrogen-bond donors (Lipinski definition) is 1. The predicted octanol–water partition coefficient (Wildman–Crippen LogP) is 1.79.